The monoisotopic (exact) mass is 858 g/mol. The van der Waals surface area contributed by atoms with Crippen LogP contribution < -0.4 is 0 Å². The molecule has 1 fully saturated rings. The molecule has 6 aromatic rings. The summed E-state index contributed by atoms with van der Waals surface area (Å²) in [5.41, 5.74) is 10.9. The fraction of sp³-hybridized carbons (Fsp3) is 0.345. The average molecular weight is 859 g/mol. The number of rotatable bonds is 6. The van der Waals surface area contributed by atoms with Gasteiger partial charge in [-0.15, -0.1) is 0 Å². The first-order valence-electron chi connectivity index (χ1n) is 23.1. The van der Waals surface area contributed by atoms with Crippen LogP contribution in [0.2, 0.25) is 0 Å². The molecule has 0 radical (unpaired) electrons. The number of hydrogen-bond acceptors (Lipinski definition) is 7. The highest BCUT2D eigenvalue weighted by molar-refractivity contribution is 5.77. The fourth-order valence-electron chi connectivity index (χ4n) is 8.78. The molecule has 1 saturated heterocycles. The number of aromatic nitrogens is 6. The predicted octanol–water partition coefficient (Wildman–Crippen LogP) is 13.5. The topological polar surface area (TPSA) is 86.6 Å². The van der Waals surface area contributed by atoms with E-state index in [2.05, 4.69) is 217 Å². The zero-order valence-corrected chi connectivity index (χ0v) is 40.1. The Morgan fingerprint density at radius 2 is 0.554 bits per heavy atom. The van der Waals surface area contributed by atoms with E-state index in [4.69, 9.17) is 34.6 Å². The lowest BCUT2D eigenvalue weighted by Crippen LogP contribution is -2.21. The van der Waals surface area contributed by atoms with Crippen LogP contribution in [-0.4, -0.2) is 42.1 Å². The largest absolute Gasteiger partial charge is 0.366 e. The van der Waals surface area contributed by atoms with Gasteiger partial charge in [-0.25, -0.2) is 29.9 Å². The second-order valence-corrected chi connectivity index (χ2v) is 22.1. The van der Waals surface area contributed by atoms with Crippen LogP contribution >= 0.6 is 0 Å². The van der Waals surface area contributed by atoms with Crippen LogP contribution in [0.15, 0.2) is 134 Å². The fourth-order valence-corrected chi connectivity index (χ4v) is 8.78. The molecule has 330 valence electrons. The Morgan fingerprint density at radius 3 is 0.785 bits per heavy atom. The van der Waals surface area contributed by atoms with Gasteiger partial charge in [0.2, 0.25) is 0 Å². The molecule has 1 aliphatic heterocycles. The first-order valence-corrected chi connectivity index (χ1v) is 23.1. The van der Waals surface area contributed by atoms with Crippen LogP contribution in [-0.2, 0) is 26.4 Å². The Balaban J connectivity index is 1.10. The van der Waals surface area contributed by atoms with Gasteiger partial charge in [0, 0.05) is 45.2 Å². The average Bonchev–Trinajstić information content (AvgIpc) is 3.65. The van der Waals surface area contributed by atoms with E-state index in [0.717, 1.165) is 33.4 Å². The molecule has 0 spiro atoms. The van der Waals surface area contributed by atoms with Crippen molar-refractivity contribution in [3.63, 3.8) is 0 Å². The van der Waals surface area contributed by atoms with Crippen molar-refractivity contribution in [1.82, 2.24) is 29.9 Å². The van der Waals surface area contributed by atoms with Crippen LogP contribution in [0, 0.1) is 11.8 Å². The normalized spacial score (nSPS) is 19.7. The first-order chi connectivity index (χ1) is 30.7. The SMILES string of the molecule is CC(C)(C)c1ccc(-c2nc(C3=CC4C(C=C3)OC3C=CC(c5nc(-c6ccc(C(C)(C)C)cc6)nc(-c6ccc(C(C)(C)C)cc6)n5)=CC34)nc(-c3ccc(C(C)(C)C)cc3)n2)cc1. The molecular weight excluding hydrogens is 797 g/mol. The second-order valence-electron chi connectivity index (χ2n) is 22.1. The van der Waals surface area contributed by atoms with Gasteiger partial charge in [0.15, 0.2) is 34.9 Å². The second kappa shape index (κ2) is 16.4. The maximum Gasteiger partial charge on any atom is 0.164 e. The van der Waals surface area contributed by atoms with Crippen molar-refractivity contribution in [3.8, 4) is 45.6 Å². The van der Waals surface area contributed by atoms with E-state index in [9.17, 15) is 0 Å². The van der Waals surface area contributed by atoms with Gasteiger partial charge in [-0.2, -0.15) is 0 Å². The molecule has 3 heterocycles. The third-order valence-electron chi connectivity index (χ3n) is 13.0. The van der Waals surface area contributed by atoms with Crippen molar-refractivity contribution in [2.24, 2.45) is 11.8 Å². The summed E-state index contributed by atoms with van der Waals surface area (Å²) in [5, 5.41) is 0. The number of benzene rings is 4. The molecule has 4 unspecified atom stereocenters. The highest BCUT2D eigenvalue weighted by Crippen LogP contribution is 2.44. The molecule has 4 aromatic carbocycles. The summed E-state index contributed by atoms with van der Waals surface area (Å²) in [5.74, 6) is 3.94. The van der Waals surface area contributed by atoms with Gasteiger partial charge in [-0.05, 0) is 43.9 Å². The van der Waals surface area contributed by atoms with E-state index in [1.54, 1.807) is 0 Å². The summed E-state index contributed by atoms with van der Waals surface area (Å²) in [6.07, 6.45) is 13.0. The molecule has 4 atom stereocenters. The molecule has 2 aromatic heterocycles. The third kappa shape index (κ3) is 9.22. The number of hydrogen-bond donors (Lipinski definition) is 0. The van der Waals surface area contributed by atoms with Crippen LogP contribution in [0.25, 0.3) is 56.7 Å². The molecular formula is C58H62N6O. The minimum atomic E-state index is -0.100. The van der Waals surface area contributed by atoms with Crippen LogP contribution in [0.1, 0.15) is 117 Å². The number of ether oxygens (including phenoxy) is 1. The van der Waals surface area contributed by atoms with Crippen molar-refractivity contribution in [1.29, 1.82) is 0 Å². The Labute approximate surface area is 386 Å². The first kappa shape index (κ1) is 44.0. The highest BCUT2D eigenvalue weighted by Gasteiger charge is 2.43. The van der Waals surface area contributed by atoms with Gasteiger partial charge in [0.05, 0.1) is 12.2 Å². The van der Waals surface area contributed by atoms with Gasteiger partial charge >= 0.3 is 0 Å². The maximum atomic E-state index is 6.70. The Hall–Kier alpha value is -6.18. The minimum absolute atomic E-state index is 0.0334. The predicted molar refractivity (Wildman–Crippen MR) is 266 cm³/mol. The molecule has 7 nitrogen and oxygen atoms in total. The molecule has 7 heteroatoms. The minimum Gasteiger partial charge on any atom is -0.366 e. The van der Waals surface area contributed by atoms with E-state index < -0.39 is 0 Å². The third-order valence-corrected chi connectivity index (χ3v) is 13.0. The molecule has 0 amide bonds. The molecule has 2 aliphatic carbocycles. The summed E-state index contributed by atoms with van der Waals surface area (Å²) >= 11 is 0. The lowest BCUT2D eigenvalue weighted by molar-refractivity contribution is 0.0886. The van der Waals surface area contributed by atoms with Gasteiger partial charge in [-0.3, -0.25) is 0 Å². The lowest BCUT2D eigenvalue weighted by Gasteiger charge is -2.23. The molecule has 0 N–H and O–H groups in total. The van der Waals surface area contributed by atoms with Crippen molar-refractivity contribution in [2.75, 3.05) is 0 Å². The van der Waals surface area contributed by atoms with E-state index >= 15 is 0 Å². The van der Waals surface area contributed by atoms with Gasteiger partial charge < -0.3 is 4.74 Å². The van der Waals surface area contributed by atoms with Crippen molar-refractivity contribution in [3.05, 3.63) is 167 Å². The summed E-state index contributed by atoms with van der Waals surface area (Å²) in [6.45, 7) is 26.8. The van der Waals surface area contributed by atoms with E-state index in [1.807, 2.05) is 0 Å². The standard InChI is InChI=1S/C58H62N6O/c1-55(2,3)41-23-13-35(14-24-41)49-59-50(36-15-25-42(26-16-36)56(4,5)6)62-53(61-49)39-21-31-47-45(33-39)46-34-40(22-32-48(46)65-47)54-63-51(37-17-27-43(28-18-37)57(7,8)9)60-52(64-54)38-19-29-44(30-20-38)58(10,11)12/h13-34,45-48H,1-12H3. The van der Waals surface area contributed by atoms with Crippen LogP contribution in [0.4, 0.5) is 0 Å². The summed E-state index contributed by atoms with van der Waals surface area (Å²) in [6, 6.07) is 34.5. The van der Waals surface area contributed by atoms with Gasteiger partial charge in [-0.1, -0.05) is 217 Å². The lowest BCUT2D eigenvalue weighted by atomic mass is 9.80. The smallest absolute Gasteiger partial charge is 0.164 e. The number of allylic oxidation sites excluding steroid dienone is 4. The van der Waals surface area contributed by atoms with Gasteiger partial charge in [0.1, 0.15) is 0 Å². The number of fused-ring (bicyclic) bond motifs is 3. The molecule has 3 aliphatic rings. The van der Waals surface area contributed by atoms with E-state index in [0.29, 0.717) is 34.9 Å². The summed E-state index contributed by atoms with van der Waals surface area (Å²) < 4.78 is 6.70. The maximum absolute atomic E-state index is 6.70. The van der Waals surface area contributed by atoms with Crippen molar-refractivity contribution < 1.29 is 4.74 Å². The zero-order valence-electron chi connectivity index (χ0n) is 40.1. The molecule has 9 rings (SSSR count). The van der Waals surface area contributed by atoms with Crippen molar-refractivity contribution >= 4 is 11.1 Å². The van der Waals surface area contributed by atoms with Crippen LogP contribution in [0.5, 0.6) is 0 Å². The Morgan fingerprint density at radius 1 is 0.323 bits per heavy atom. The van der Waals surface area contributed by atoms with Crippen LogP contribution in [0.3, 0.4) is 0 Å². The summed E-state index contributed by atoms with van der Waals surface area (Å²) in [7, 11) is 0. The van der Waals surface area contributed by atoms with Gasteiger partial charge in [0.25, 0.3) is 0 Å². The Kier molecular flexibility index (Phi) is 11.1. The quantitative estimate of drug-likeness (QED) is 0.165. The summed E-state index contributed by atoms with van der Waals surface area (Å²) in [4.78, 5) is 30.8. The Bertz CT molecular complexity index is 2510. The van der Waals surface area contributed by atoms with E-state index in [-0.39, 0.29) is 45.7 Å². The van der Waals surface area contributed by atoms with E-state index in [1.165, 1.54) is 22.3 Å². The molecule has 65 heavy (non-hydrogen) atoms. The molecule has 0 bridgehead atoms. The molecule has 0 saturated carbocycles. The zero-order chi connectivity index (χ0) is 46.1. The highest BCUT2D eigenvalue weighted by atomic mass is 16.5. The number of nitrogens with zero attached hydrogens (tertiary/aromatic N) is 6. The van der Waals surface area contributed by atoms with Crippen molar-refractivity contribution in [2.45, 2.75) is 117 Å².